The van der Waals surface area contributed by atoms with Crippen molar-refractivity contribution in [3.05, 3.63) is 35.6 Å². The van der Waals surface area contributed by atoms with Crippen LogP contribution in [0, 0.1) is 6.92 Å². The zero-order valence-electron chi connectivity index (χ0n) is 6.80. The summed E-state index contributed by atoms with van der Waals surface area (Å²) >= 11 is 3.42. The Morgan fingerprint density at radius 1 is 1.33 bits per heavy atom. The van der Waals surface area contributed by atoms with Gasteiger partial charge >= 0.3 is 0 Å². The van der Waals surface area contributed by atoms with Gasteiger partial charge in [0.15, 0.2) is 0 Å². The molecule has 1 aromatic carbocycles. The molecular formula is C10H9BrO. The van der Waals surface area contributed by atoms with Gasteiger partial charge in [-0.05, 0) is 30.7 Å². The normalized spacial score (nSPS) is 10.8. The molecule has 0 aliphatic heterocycles. The van der Waals surface area contributed by atoms with Crippen molar-refractivity contribution >= 4 is 26.9 Å². The summed E-state index contributed by atoms with van der Waals surface area (Å²) in [6, 6.07) is 8.28. The van der Waals surface area contributed by atoms with Crippen LogP contribution in [-0.4, -0.2) is 0 Å². The van der Waals surface area contributed by atoms with Crippen LogP contribution < -0.4 is 0 Å². The standard InChI is InChI=1S/C10H9BrO/c1-7-4-9-5-8(6-11)2-3-10(9)12-7/h2-5H,6H2,1H3. The van der Waals surface area contributed by atoms with Crippen molar-refractivity contribution in [2.75, 3.05) is 0 Å². The van der Waals surface area contributed by atoms with Gasteiger partial charge in [0.2, 0.25) is 0 Å². The summed E-state index contributed by atoms with van der Waals surface area (Å²) in [6.45, 7) is 1.97. The largest absolute Gasteiger partial charge is 0.461 e. The van der Waals surface area contributed by atoms with Gasteiger partial charge in [-0.25, -0.2) is 0 Å². The van der Waals surface area contributed by atoms with Crippen molar-refractivity contribution in [3.8, 4) is 0 Å². The van der Waals surface area contributed by atoms with E-state index in [9.17, 15) is 0 Å². The Labute approximate surface area is 79.5 Å². The van der Waals surface area contributed by atoms with E-state index in [-0.39, 0.29) is 0 Å². The maximum Gasteiger partial charge on any atom is 0.134 e. The molecule has 0 aliphatic rings. The zero-order chi connectivity index (χ0) is 8.55. The summed E-state index contributed by atoms with van der Waals surface area (Å²) in [5, 5.41) is 2.08. The highest BCUT2D eigenvalue weighted by atomic mass is 79.9. The van der Waals surface area contributed by atoms with E-state index in [0.717, 1.165) is 16.7 Å². The second kappa shape index (κ2) is 2.94. The Kier molecular flexibility index (Phi) is 1.93. The summed E-state index contributed by atoms with van der Waals surface area (Å²) in [7, 11) is 0. The van der Waals surface area contributed by atoms with Gasteiger partial charge in [0.1, 0.15) is 11.3 Å². The van der Waals surface area contributed by atoms with E-state index in [1.54, 1.807) is 0 Å². The Bertz CT molecular complexity index is 403. The van der Waals surface area contributed by atoms with E-state index in [4.69, 9.17) is 4.42 Å². The molecule has 2 heteroatoms. The molecule has 0 atom stereocenters. The first-order valence-electron chi connectivity index (χ1n) is 3.84. The van der Waals surface area contributed by atoms with Gasteiger partial charge in [-0.3, -0.25) is 0 Å². The van der Waals surface area contributed by atoms with Crippen LogP contribution in [0.15, 0.2) is 28.7 Å². The minimum absolute atomic E-state index is 0.896. The minimum Gasteiger partial charge on any atom is -0.461 e. The second-order valence-electron chi connectivity index (χ2n) is 2.86. The molecule has 0 aliphatic carbocycles. The van der Waals surface area contributed by atoms with E-state index in [0.29, 0.717) is 0 Å². The quantitative estimate of drug-likeness (QED) is 0.675. The lowest BCUT2D eigenvalue weighted by Gasteiger charge is -1.92. The highest BCUT2D eigenvalue weighted by molar-refractivity contribution is 9.08. The van der Waals surface area contributed by atoms with Gasteiger partial charge in [-0.15, -0.1) is 0 Å². The molecule has 0 unspecified atom stereocenters. The van der Waals surface area contributed by atoms with Crippen LogP contribution in [0.3, 0.4) is 0 Å². The number of fused-ring (bicyclic) bond motifs is 1. The molecular weight excluding hydrogens is 216 g/mol. The Morgan fingerprint density at radius 3 is 2.92 bits per heavy atom. The monoisotopic (exact) mass is 224 g/mol. The molecule has 2 rings (SSSR count). The number of alkyl halides is 1. The number of rotatable bonds is 1. The van der Waals surface area contributed by atoms with Crippen LogP contribution in [0.4, 0.5) is 0 Å². The van der Waals surface area contributed by atoms with E-state index < -0.39 is 0 Å². The molecule has 2 aromatic rings. The molecule has 0 spiro atoms. The smallest absolute Gasteiger partial charge is 0.134 e. The third-order valence-electron chi connectivity index (χ3n) is 1.86. The minimum atomic E-state index is 0.896. The molecule has 12 heavy (non-hydrogen) atoms. The fourth-order valence-corrected chi connectivity index (χ4v) is 1.66. The van der Waals surface area contributed by atoms with Crippen molar-refractivity contribution in [1.29, 1.82) is 0 Å². The molecule has 0 fully saturated rings. The van der Waals surface area contributed by atoms with Crippen LogP contribution in [0.5, 0.6) is 0 Å². The Morgan fingerprint density at radius 2 is 2.17 bits per heavy atom. The molecule has 62 valence electrons. The van der Waals surface area contributed by atoms with Gasteiger partial charge in [-0.1, -0.05) is 22.0 Å². The molecule has 1 heterocycles. The summed E-state index contributed by atoms with van der Waals surface area (Å²) in [5.41, 5.74) is 2.25. The Balaban J connectivity index is 2.66. The van der Waals surface area contributed by atoms with Crippen LogP contribution in [0.1, 0.15) is 11.3 Å². The number of hydrogen-bond donors (Lipinski definition) is 0. The van der Waals surface area contributed by atoms with Crippen LogP contribution >= 0.6 is 15.9 Å². The fraction of sp³-hybridized carbons (Fsp3) is 0.200. The van der Waals surface area contributed by atoms with Crippen LogP contribution in [0.2, 0.25) is 0 Å². The maximum absolute atomic E-state index is 5.45. The predicted molar refractivity (Wildman–Crippen MR) is 53.6 cm³/mol. The van der Waals surface area contributed by atoms with E-state index in [2.05, 4.69) is 34.1 Å². The molecule has 1 aromatic heterocycles. The van der Waals surface area contributed by atoms with Crippen molar-refractivity contribution in [3.63, 3.8) is 0 Å². The van der Waals surface area contributed by atoms with E-state index in [1.165, 1.54) is 10.9 Å². The average molecular weight is 225 g/mol. The third-order valence-corrected chi connectivity index (χ3v) is 2.51. The van der Waals surface area contributed by atoms with E-state index >= 15 is 0 Å². The lowest BCUT2D eigenvalue weighted by atomic mass is 10.2. The van der Waals surface area contributed by atoms with E-state index in [1.807, 2.05) is 13.0 Å². The number of hydrogen-bond acceptors (Lipinski definition) is 1. The first kappa shape index (κ1) is 7.87. The fourth-order valence-electron chi connectivity index (χ4n) is 1.31. The predicted octanol–water partition coefficient (Wildman–Crippen LogP) is 3.64. The highest BCUT2D eigenvalue weighted by Gasteiger charge is 1.99. The van der Waals surface area contributed by atoms with Crippen molar-refractivity contribution < 1.29 is 4.42 Å². The highest BCUT2D eigenvalue weighted by Crippen LogP contribution is 2.20. The molecule has 0 N–H and O–H groups in total. The van der Waals surface area contributed by atoms with Gasteiger partial charge < -0.3 is 4.42 Å². The molecule has 0 amide bonds. The molecule has 0 saturated heterocycles. The van der Waals surface area contributed by atoms with Gasteiger partial charge in [0.05, 0.1) is 0 Å². The first-order valence-corrected chi connectivity index (χ1v) is 4.97. The van der Waals surface area contributed by atoms with Crippen LogP contribution in [-0.2, 0) is 5.33 Å². The molecule has 0 bridgehead atoms. The summed E-state index contributed by atoms with van der Waals surface area (Å²) in [5.74, 6) is 0.969. The maximum atomic E-state index is 5.45. The summed E-state index contributed by atoms with van der Waals surface area (Å²) in [6.07, 6.45) is 0. The number of aryl methyl sites for hydroxylation is 1. The SMILES string of the molecule is Cc1cc2cc(CBr)ccc2o1. The topological polar surface area (TPSA) is 13.1 Å². The molecule has 0 saturated carbocycles. The van der Waals surface area contributed by atoms with Crippen molar-refractivity contribution in [1.82, 2.24) is 0 Å². The Hall–Kier alpha value is -0.760. The lowest BCUT2D eigenvalue weighted by Crippen LogP contribution is -1.73. The average Bonchev–Trinajstić information content (AvgIpc) is 2.43. The summed E-state index contributed by atoms with van der Waals surface area (Å²) in [4.78, 5) is 0. The molecule has 0 radical (unpaired) electrons. The number of furan rings is 1. The number of halogens is 1. The molecule has 1 nitrogen and oxygen atoms in total. The lowest BCUT2D eigenvalue weighted by molar-refractivity contribution is 0.578. The van der Waals surface area contributed by atoms with Crippen molar-refractivity contribution in [2.24, 2.45) is 0 Å². The van der Waals surface area contributed by atoms with Gasteiger partial charge in [0, 0.05) is 10.7 Å². The van der Waals surface area contributed by atoms with Crippen molar-refractivity contribution in [2.45, 2.75) is 12.3 Å². The zero-order valence-corrected chi connectivity index (χ0v) is 8.39. The third kappa shape index (κ3) is 1.27. The van der Waals surface area contributed by atoms with Gasteiger partial charge in [-0.2, -0.15) is 0 Å². The van der Waals surface area contributed by atoms with Gasteiger partial charge in [0.25, 0.3) is 0 Å². The number of benzene rings is 1. The van der Waals surface area contributed by atoms with Crippen LogP contribution in [0.25, 0.3) is 11.0 Å². The second-order valence-corrected chi connectivity index (χ2v) is 3.42. The first-order chi connectivity index (χ1) is 5.79. The summed E-state index contributed by atoms with van der Waals surface area (Å²) < 4.78 is 5.45.